The number of thiocarbonyl (C=S) groups is 1. The van der Waals surface area contributed by atoms with E-state index in [1.165, 1.54) is 5.57 Å². The van der Waals surface area contributed by atoms with Crippen molar-refractivity contribution >= 4 is 17.2 Å². The second-order valence-corrected chi connectivity index (χ2v) is 2.93. The Morgan fingerprint density at radius 2 is 2.40 bits per heavy atom. The molecule has 0 aliphatic heterocycles. The van der Waals surface area contributed by atoms with E-state index in [-0.39, 0.29) is 0 Å². The lowest BCUT2D eigenvalue weighted by Crippen LogP contribution is -2.08. The van der Waals surface area contributed by atoms with Crippen LogP contribution in [0, 0.1) is 0 Å². The van der Waals surface area contributed by atoms with Crippen LogP contribution < -0.4 is 5.73 Å². The van der Waals surface area contributed by atoms with Crippen molar-refractivity contribution in [1.82, 2.24) is 0 Å². The lowest BCUT2D eigenvalue weighted by Gasteiger charge is -2.04. The van der Waals surface area contributed by atoms with E-state index < -0.39 is 0 Å². The molecule has 0 aromatic carbocycles. The highest BCUT2D eigenvalue weighted by Crippen LogP contribution is 2.12. The summed E-state index contributed by atoms with van der Waals surface area (Å²) in [6, 6.07) is 0. The molecular weight excluding hydrogens is 142 g/mol. The first-order valence-corrected chi connectivity index (χ1v) is 3.84. The van der Waals surface area contributed by atoms with Gasteiger partial charge in [0.15, 0.2) is 0 Å². The molecule has 1 aliphatic rings. The predicted octanol–water partition coefficient (Wildman–Crippen LogP) is 1.94. The standard InChI is InChI=1S/C8H11NS/c9-8(10)6-7-4-2-1-3-5-7/h2,4-5H,1,3,6H2,(H2,9,10). The van der Waals surface area contributed by atoms with Gasteiger partial charge in [-0.1, -0.05) is 30.4 Å². The van der Waals surface area contributed by atoms with E-state index in [2.05, 4.69) is 18.2 Å². The average Bonchev–Trinajstić information content (AvgIpc) is 1.88. The van der Waals surface area contributed by atoms with Crippen LogP contribution in [0.4, 0.5) is 0 Å². The third-order valence-corrected chi connectivity index (χ3v) is 1.59. The Hall–Kier alpha value is -0.630. The highest BCUT2D eigenvalue weighted by molar-refractivity contribution is 7.80. The van der Waals surface area contributed by atoms with Gasteiger partial charge in [0.2, 0.25) is 0 Å². The van der Waals surface area contributed by atoms with Crippen molar-refractivity contribution in [2.24, 2.45) is 5.73 Å². The van der Waals surface area contributed by atoms with Crippen LogP contribution in [0.3, 0.4) is 0 Å². The third kappa shape index (κ3) is 2.31. The van der Waals surface area contributed by atoms with Crippen LogP contribution in [0.2, 0.25) is 0 Å². The van der Waals surface area contributed by atoms with Gasteiger partial charge in [0.25, 0.3) is 0 Å². The monoisotopic (exact) mass is 153 g/mol. The quantitative estimate of drug-likeness (QED) is 0.613. The molecule has 0 fully saturated rings. The minimum Gasteiger partial charge on any atom is -0.393 e. The lowest BCUT2D eigenvalue weighted by atomic mass is 10.0. The second-order valence-electron chi connectivity index (χ2n) is 2.40. The molecule has 0 aromatic rings. The molecule has 10 heavy (non-hydrogen) atoms. The van der Waals surface area contributed by atoms with E-state index in [0.717, 1.165) is 19.3 Å². The van der Waals surface area contributed by atoms with E-state index in [4.69, 9.17) is 18.0 Å². The molecule has 0 amide bonds. The zero-order valence-corrected chi connectivity index (χ0v) is 6.66. The molecule has 0 unspecified atom stereocenters. The molecule has 0 atom stereocenters. The molecule has 0 spiro atoms. The molecule has 2 N–H and O–H groups in total. The summed E-state index contributed by atoms with van der Waals surface area (Å²) in [5.41, 5.74) is 6.64. The van der Waals surface area contributed by atoms with Gasteiger partial charge in [-0.15, -0.1) is 0 Å². The fourth-order valence-electron chi connectivity index (χ4n) is 1.000. The van der Waals surface area contributed by atoms with E-state index >= 15 is 0 Å². The summed E-state index contributed by atoms with van der Waals surface area (Å²) >= 11 is 4.78. The van der Waals surface area contributed by atoms with Crippen LogP contribution in [0.5, 0.6) is 0 Å². The first-order valence-electron chi connectivity index (χ1n) is 3.43. The van der Waals surface area contributed by atoms with E-state index in [9.17, 15) is 0 Å². The second kappa shape index (κ2) is 3.52. The van der Waals surface area contributed by atoms with Crippen molar-refractivity contribution in [3.63, 3.8) is 0 Å². The minimum atomic E-state index is 0.581. The molecule has 54 valence electrons. The highest BCUT2D eigenvalue weighted by Gasteiger charge is 1.97. The molecule has 1 rings (SSSR count). The molecular formula is C8H11NS. The highest BCUT2D eigenvalue weighted by atomic mass is 32.1. The largest absolute Gasteiger partial charge is 0.393 e. The summed E-state index contributed by atoms with van der Waals surface area (Å²) in [7, 11) is 0. The predicted molar refractivity (Wildman–Crippen MR) is 47.9 cm³/mol. The molecule has 0 saturated heterocycles. The first kappa shape index (κ1) is 7.48. The topological polar surface area (TPSA) is 26.0 Å². The van der Waals surface area contributed by atoms with Crippen LogP contribution in [-0.4, -0.2) is 4.99 Å². The molecule has 0 aromatic heterocycles. The van der Waals surface area contributed by atoms with Crippen molar-refractivity contribution in [3.8, 4) is 0 Å². The molecule has 0 heterocycles. The molecule has 1 nitrogen and oxygen atoms in total. The summed E-state index contributed by atoms with van der Waals surface area (Å²) in [6.45, 7) is 0. The average molecular weight is 153 g/mol. The summed E-state index contributed by atoms with van der Waals surface area (Å²) in [5, 5.41) is 0. The van der Waals surface area contributed by atoms with Gasteiger partial charge >= 0.3 is 0 Å². The Bertz CT molecular complexity index is 191. The van der Waals surface area contributed by atoms with Crippen LogP contribution in [-0.2, 0) is 0 Å². The van der Waals surface area contributed by atoms with E-state index in [0.29, 0.717) is 4.99 Å². The van der Waals surface area contributed by atoms with Gasteiger partial charge in [-0.05, 0) is 18.4 Å². The molecule has 0 bridgehead atoms. The van der Waals surface area contributed by atoms with Gasteiger partial charge in [-0.3, -0.25) is 0 Å². The van der Waals surface area contributed by atoms with Gasteiger partial charge in [0.1, 0.15) is 0 Å². The maximum atomic E-state index is 5.38. The van der Waals surface area contributed by atoms with Crippen LogP contribution >= 0.6 is 12.2 Å². The Kier molecular flexibility index (Phi) is 2.63. The lowest BCUT2D eigenvalue weighted by molar-refractivity contribution is 1.01. The van der Waals surface area contributed by atoms with Gasteiger partial charge < -0.3 is 5.73 Å². The van der Waals surface area contributed by atoms with Crippen molar-refractivity contribution in [2.45, 2.75) is 19.3 Å². The first-order chi connectivity index (χ1) is 4.79. The Morgan fingerprint density at radius 3 is 2.90 bits per heavy atom. The number of allylic oxidation sites excluding steroid dienone is 3. The van der Waals surface area contributed by atoms with Crippen LogP contribution in [0.25, 0.3) is 0 Å². The fourth-order valence-corrected chi connectivity index (χ4v) is 1.17. The van der Waals surface area contributed by atoms with Crippen molar-refractivity contribution in [3.05, 3.63) is 23.8 Å². The Labute approximate surface area is 66.6 Å². The maximum Gasteiger partial charge on any atom is 0.0771 e. The zero-order chi connectivity index (χ0) is 7.40. The van der Waals surface area contributed by atoms with Gasteiger partial charge in [0.05, 0.1) is 4.99 Å². The van der Waals surface area contributed by atoms with Gasteiger partial charge in [-0.25, -0.2) is 0 Å². The Balaban J connectivity index is 2.48. The SMILES string of the molecule is NC(=S)CC1=CCCC=C1. The molecule has 2 heteroatoms. The number of rotatable bonds is 2. The summed E-state index contributed by atoms with van der Waals surface area (Å²) < 4.78 is 0. The normalized spacial score (nSPS) is 16.6. The summed E-state index contributed by atoms with van der Waals surface area (Å²) in [4.78, 5) is 0.581. The molecule has 0 saturated carbocycles. The van der Waals surface area contributed by atoms with Crippen molar-refractivity contribution < 1.29 is 0 Å². The number of hydrogen-bond donors (Lipinski definition) is 1. The number of hydrogen-bond acceptors (Lipinski definition) is 1. The Morgan fingerprint density at radius 1 is 1.60 bits per heavy atom. The van der Waals surface area contributed by atoms with Crippen molar-refractivity contribution in [1.29, 1.82) is 0 Å². The molecule has 1 aliphatic carbocycles. The number of nitrogens with two attached hydrogens (primary N) is 1. The van der Waals surface area contributed by atoms with Gasteiger partial charge in [0, 0.05) is 6.42 Å². The summed E-state index contributed by atoms with van der Waals surface area (Å²) in [5.74, 6) is 0. The smallest absolute Gasteiger partial charge is 0.0771 e. The van der Waals surface area contributed by atoms with Crippen LogP contribution in [0.1, 0.15) is 19.3 Å². The van der Waals surface area contributed by atoms with E-state index in [1.54, 1.807) is 0 Å². The zero-order valence-electron chi connectivity index (χ0n) is 5.84. The summed E-state index contributed by atoms with van der Waals surface area (Å²) in [6.07, 6.45) is 9.50. The van der Waals surface area contributed by atoms with Crippen LogP contribution in [0.15, 0.2) is 23.8 Å². The van der Waals surface area contributed by atoms with E-state index in [1.807, 2.05) is 0 Å². The maximum absolute atomic E-state index is 5.38. The van der Waals surface area contributed by atoms with Crippen molar-refractivity contribution in [2.75, 3.05) is 0 Å². The van der Waals surface area contributed by atoms with Gasteiger partial charge in [-0.2, -0.15) is 0 Å². The molecule has 0 radical (unpaired) electrons. The third-order valence-electron chi connectivity index (χ3n) is 1.45. The fraction of sp³-hybridized carbons (Fsp3) is 0.375. The minimum absolute atomic E-state index is 0.581.